The smallest absolute Gasteiger partial charge is 0.390 e. The molecular weight excluding hydrogens is 399 g/mol. The number of alkyl halides is 3. The van der Waals surface area contributed by atoms with Crippen LogP contribution in [0.2, 0.25) is 0 Å². The number of nitrogens with one attached hydrogen (secondary N) is 1. The summed E-state index contributed by atoms with van der Waals surface area (Å²) in [5.74, 6) is -0.876. The second kappa shape index (κ2) is 7.76. The number of carbonyl (C=O) groups is 1. The molecule has 0 saturated heterocycles. The van der Waals surface area contributed by atoms with E-state index in [9.17, 15) is 28.3 Å². The number of nitrogens with zero attached hydrogens (tertiary/aromatic N) is 4. The molecular formula is C20H18F3N5O2. The maximum absolute atomic E-state index is 12.8. The van der Waals surface area contributed by atoms with Crippen LogP contribution in [0, 0.1) is 11.3 Å². The van der Waals surface area contributed by atoms with E-state index in [0.717, 1.165) is 18.2 Å². The largest absolute Gasteiger partial charge is 0.433 e. The summed E-state index contributed by atoms with van der Waals surface area (Å²) in [6.07, 6.45) is -0.542. The van der Waals surface area contributed by atoms with E-state index < -0.39 is 29.1 Å². The molecule has 0 aliphatic carbocycles. The van der Waals surface area contributed by atoms with Gasteiger partial charge in [-0.2, -0.15) is 18.4 Å². The fourth-order valence-corrected chi connectivity index (χ4v) is 2.74. The van der Waals surface area contributed by atoms with Crippen molar-refractivity contribution in [2.75, 3.05) is 5.32 Å². The van der Waals surface area contributed by atoms with E-state index >= 15 is 0 Å². The van der Waals surface area contributed by atoms with Crippen molar-refractivity contribution in [1.82, 2.24) is 14.4 Å². The Labute approximate surface area is 169 Å². The molecule has 0 unspecified atom stereocenters. The minimum Gasteiger partial charge on any atom is -0.390 e. The number of hydrogen-bond acceptors (Lipinski definition) is 5. The highest BCUT2D eigenvalue weighted by Gasteiger charge is 2.33. The van der Waals surface area contributed by atoms with Crippen LogP contribution in [-0.4, -0.2) is 31.0 Å². The van der Waals surface area contributed by atoms with Gasteiger partial charge in [-0.1, -0.05) is 6.07 Å². The van der Waals surface area contributed by atoms with Crippen LogP contribution >= 0.6 is 0 Å². The molecule has 0 aromatic carbocycles. The van der Waals surface area contributed by atoms with E-state index in [4.69, 9.17) is 0 Å². The van der Waals surface area contributed by atoms with E-state index in [2.05, 4.69) is 15.3 Å². The number of imidazole rings is 1. The van der Waals surface area contributed by atoms with Gasteiger partial charge in [0.15, 0.2) is 0 Å². The first kappa shape index (κ1) is 21.3. The van der Waals surface area contributed by atoms with Gasteiger partial charge in [0.05, 0.1) is 22.5 Å². The number of aliphatic hydroxyl groups is 1. The van der Waals surface area contributed by atoms with Gasteiger partial charge in [-0.05, 0) is 38.8 Å². The van der Waals surface area contributed by atoms with Crippen molar-refractivity contribution >= 4 is 17.2 Å². The van der Waals surface area contributed by atoms with Crippen LogP contribution in [0.15, 0.2) is 36.7 Å². The zero-order chi connectivity index (χ0) is 22.1. The normalized spacial score (nSPS) is 12.0. The van der Waals surface area contributed by atoms with Crippen molar-refractivity contribution in [1.29, 1.82) is 5.26 Å². The first-order chi connectivity index (χ1) is 14.0. The number of aryl methyl sites for hydroxylation is 1. The van der Waals surface area contributed by atoms with Gasteiger partial charge in [-0.3, -0.25) is 4.79 Å². The van der Waals surface area contributed by atoms with Crippen LogP contribution in [-0.2, 0) is 12.6 Å². The van der Waals surface area contributed by atoms with Crippen LogP contribution < -0.4 is 5.32 Å². The number of fused-ring (bicyclic) bond motifs is 1. The third-order valence-electron chi connectivity index (χ3n) is 4.28. The van der Waals surface area contributed by atoms with Crippen LogP contribution in [0.1, 0.15) is 47.7 Å². The molecule has 0 saturated carbocycles. The predicted molar refractivity (Wildman–Crippen MR) is 102 cm³/mol. The van der Waals surface area contributed by atoms with Crippen molar-refractivity contribution in [3.05, 3.63) is 59.3 Å². The maximum Gasteiger partial charge on any atom is 0.433 e. The Balaban J connectivity index is 1.88. The Kier molecular flexibility index (Phi) is 5.50. The highest BCUT2D eigenvalue weighted by atomic mass is 19.4. The van der Waals surface area contributed by atoms with Gasteiger partial charge in [-0.15, -0.1) is 0 Å². The Morgan fingerprint density at radius 2 is 2.00 bits per heavy atom. The monoisotopic (exact) mass is 417 g/mol. The number of carbonyl (C=O) groups excluding carboxylic acids is 1. The summed E-state index contributed by atoms with van der Waals surface area (Å²) >= 11 is 0. The number of rotatable bonds is 5. The molecule has 3 heterocycles. The highest BCUT2D eigenvalue weighted by molar-refractivity contribution is 6.03. The molecule has 7 nitrogen and oxygen atoms in total. The Bertz CT molecular complexity index is 1140. The lowest BCUT2D eigenvalue weighted by Crippen LogP contribution is -2.19. The van der Waals surface area contributed by atoms with Gasteiger partial charge in [0.2, 0.25) is 0 Å². The van der Waals surface area contributed by atoms with Gasteiger partial charge < -0.3 is 14.8 Å². The molecule has 1 amide bonds. The number of pyridine rings is 2. The van der Waals surface area contributed by atoms with Crippen LogP contribution in [0.5, 0.6) is 0 Å². The summed E-state index contributed by atoms with van der Waals surface area (Å²) in [6, 6.07) is 6.41. The van der Waals surface area contributed by atoms with Crippen LogP contribution in [0.25, 0.3) is 5.65 Å². The second-order valence-electron chi connectivity index (χ2n) is 7.38. The Morgan fingerprint density at radius 1 is 1.27 bits per heavy atom. The summed E-state index contributed by atoms with van der Waals surface area (Å²) in [6.45, 7) is 3.37. The quantitative estimate of drug-likeness (QED) is 0.661. The number of hydrogen-bond donors (Lipinski definition) is 2. The van der Waals surface area contributed by atoms with E-state index in [1.165, 1.54) is 12.3 Å². The van der Waals surface area contributed by atoms with Gasteiger partial charge >= 0.3 is 6.18 Å². The molecule has 2 N–H and O–H groups in total. The number of amides is 1. The van der Waals surface area contributed by atoms with Gasteiger partial charge in [0, 0.05) is 18.5 Å². The third kappa shape index (κ3) is 4.93. The molecule has 0 aliphatic heterocycles. The first-order valence-electron chi connectivity index (χ1n) is 8.96. The second-order valence-corrected chi connectivity index (χ2v) is 7.38. The lowest BCUT2D eigenvalue weighted by molar-refractivity contribution is -0.141. The summed E-state index contributed by atoms with van der Waals surface area (Å²) in [5.41, 5.74) is -1.10. The average Bonchev–Trinajstić information content (AvgIpc) is 3.06. The molecule has 0 atom stereocenters. The van der Waals surface area contributed by atoms with Gasteiger partial charge in [0.25, 0.3) is 5.91 Å². The van der Waals surface area contributed by atoms with E-state index in [1.54, 1.807) is 24.4 Å². The molecule has 156 valence electrons. The Morgan fingerprint density at radius 3 is 2.63 bits per heavy atom. The summed E-state index contributed by atoms with van der Waals surface area (Å²) in [5, 5.41) is 21.7. The van der Waals surface area contributed by atoms with Crippen LogP contribution in [0.4, 0.5) is 18.9 Å². The molecule has 0 aliphatic rings. The maximum atomic E-state index is 12.8. The highest BCUT2D eigenvalue weighted by Crippen LogP contribution is 2.27. The molecule has 3 aromatic heterocycles. The number of halogens is 3. The lowest BCUT2D eigenvalue weighted by Gasteiger charge is -2.15. The van der Waals surface area contributed by atoms with Crippen molar-refractivity contribution < 1.29 is 23.1 Å². The molecule has 0 fully saturated rings. The van der Waals surface area contributed by atoms with Crippen molar-refractivity contribution in [2.24, 2.45) is 0 Å². The van der Waals surface area contributed by atoms with Gasteiger partial charge in [-0.25, -0.2) is 9.97 Å². The van der Waals surface area contributed by atoms with Crippen LogP contribution in [0.3, 0.4) is 0 Å². The molecule has 0 radical (unpaired) electrons. The minimum absolute atomic E-state index is 0.0995. The van der Waals surface area contributed by atoms with Crippen molar-refractivity contribution in [3.8, 4) is 6.07 Å². The number of aromatic nitrogens is 3. The SMILES string of the molecule is CC(C)(O)CCc1cn2cc(NC(=O)c3cccc(C(F)(F)F)n3)c(C#N)cc2n1. The fraction of sp³-hybridized carbons (Fsp3) is 0.300. The zero-order valence-electron chi connectivity index (χ0n) is 16.2. The topological polar surface area (TPSA) is 103 Å². The predicted octanol–water partition coefficient (Wildman–Crippen LogP) is 3.58. The lowest BCUT2D eigenvalue weighted by atomic mass is 10.0. The summed E-state index contributed by atoms with van der Waals surface area (Å²) in [7, 11) is 0. The minimum atomic E-state index is -4.68. The average molecular weight is 417 g/mol. The molecule has 0 spiro atoms. The molecule has 10 heteroatoms. The summed E-state index contributed by atoms with van der Waals surface area (Å²) < 4.78 is 40.1. The molecule has 0 bridgehead atoms. The molecule has 3 aromatic rings. The van der Waals surface area contributed by atoms with Crippen molar-refractivity contribution in [2.45, 2.75) is 38.5 Å². The third-order valence-corrected chi connectivity index (χ3v) is 4.28. The summed E-state index contributed by atoms with van der Waals surface area (Å²) in [4.78, 5) is 20.2. The standard InChI is InChI=1S/C20H18F3N5O2/c1-19(2,30)7-6-13-10-28-11-15(12(9-24)8-17(28)25-13)27-18(29)14-4-3-5-16(26-14)20(21,22)23/h3-5,8,10-11,30H,6-7H2,1-2H3,(H,27,29). The van der Waals surface area contributed by atoms with E-state index in [0.29, 0.717) is 24.2 Å². The Hall–Kier alpha value is -3.45. The first-order valence-corrected chi connectivity index (χ1v) is 8.96. The molecule has 30 heavy (non-hydrogen) atoms. The van der Waals surface area contributed by atoms with E-state index in [1.807, 2.05) is 6.07 Å². The number of nitriles is 1. The molecule has 3 rings (SSSR count). The van der Waals surface area contributed by atoms with E-state index in [-0.39, 0.29) is 11.3 Å². The van der Waals surface area contributed by atoms with Crippen molar-refractivity contribution in [3.63, 3.8) is 0 Å². The zero-order valence-corrected chi connectivity index (χ0v) is 16.2. The number of anilines is 1. The fourth-order valence-electron chi connectivity index (χ4n) is 2.74. The van der Waals surface area contributed by atoms with Gasteiger partial charge in [0.1, 0.15) is 23.1 Å².